The molecule has 9 heavy (non-hydrogen) atoms. The summed E-state index contributed by atoms with van der Waals surface area (Å²) in [7, 11) is 0. The number of nitrogens with one attached hydrogen (secondary N) is 1. The standard InChI is InChI=1S/C6H9F2N/c7-6(8)2-1-5(3-6)4-9-5/h9H,1-4H2. The summed E-state index contributed by atoms with van der Waals surface area (Å²) in [4.78, 5) is 0. The highest BCUT2D eigenvalue weighted by Gasteiger charge is 2.55. The second-order valence-electron chi connectivity index (χ2n) is 3.17. The molecule has 1 aliphatic carbocycles. The van der Waals surface area contributed by atoms with E-state index in [1.165, 1.54) is 0 Å². The maximum absolute atomic E-state index is 12.4. The molecule has 1 spiro atoms. The van der Waals surface area contributed by atoms with E-state index in [0.717, 1.165) is 6.54 Å². The molecular weight excluding hydrogens is 124 g/mol. The van der Waals surface area contributed by atoms with Gasteiger partial charge in [-0.05, 0) is 6.42 Å². The number of hydrogen-bond donors (Lipinski definition) is 1. The molecule has 0 radical (unpaired) electrons. The van der Waals surface area contributed by atoms with E-state index in [-0.39, 0.29) is 18.4 Å². The van der Waals surface area contributed by atoms with Crippen LogP contribution >= 0.6 is 0 Å². The third-order valence-electron chi connectivity index (χ3n) is 2.24. The Kier molecular flexibility index (Phi) is 0.799. The average molecular weight is 133 g/mol. The lowest BCUT2D eigenvalue weighted by atomic mass is 10.1. The summed E-state index contributed by atoms with van der Waals surface area (Å²) in [6, 6.07) is 0. The van der Waals surface area contributed by atoms with Crippen molar-refractivity contribution in [1.82, 2.24) is 5.32 Å². The van der Waals surface area contributed by atoms with E-state index in [1.54, 1.807) is 0 Å². The van der Waals surface area contributed by atoms with Gasteiger partial charge in [-0.15, -0.1) is 0 Å². The SMILES string of the molecule is FC1(F)CCC2(CN2)C1. The van der Waals surface area contributed by atoms with Gasteiger partial charge in [0.25, 0.3) is 0 Å². The maximum Gasteiger partial charge on any atom is 0.250 e. The van der Waals surface area contributed by atoms with Crippen molar-refractivity contribution in [3.05, 3.63) is 0 Å². The van der Waals surface area contributed by atoms with Gasteiger partial charge in [0, 0.05) is 24.9 Å². The fraction of sp³-hybridized carbons (Fsp3) is 1.00. The Bertz CT molecular complexity index is 136. The average Bonchev–Trinajstić information content (AvgIpc) is 2.36. The molecule has 2 fully saturated rings. The van der Waals surface area contributed by atoms with Crippen LogP contribution in [-0.4, -0.2) is 18.0 Å². The summed E-state index contributed by atoms with van der Waals surface area (Å²) in [5.41, 5.74) is -0.122. The summed E-state index contributed by atoms with van der Waals surface area (Å²) < 4.78 is 24.9. The van der Waals surface area contributed by atoms with E-state index < -0.39 is 5.92 Å². The van der Waals surface area contributed by atoms with Crippen LogP contribution < -0.4 is 5.32 Å². The van der Waals surface area contributed by atoms with E-state index in [9.17, 15) is 8.78 Å². The lowest BCUT2D eigenvalue weighted by Gasteiger charge is -2.05. The van der Waals surface area contributed by atoms with Gasteiger partial charge in [-0.1, -0.05) is 0 Å². The summed E-state index contributed by atoms with van der Waals surface area (Å²) in [6.07, 6.45) is 0.819. The van der Waals surface area contributed by atoms with Gasteiger partial charge in [0.15, 0.2) is 0 Å². The smallest absolute Gasteiger partial charge is 0.250 e. The maximum atomic E-state index is 12.4. The second-order valence-corrected chi connectivity index (χ2v) is 3.17. The van der Waals surface area contributed by atoms with Crippen LogP contribution in [0.2, 0.25) is 0 Å². The predicted octanol–water partition coefficient (Wildman–Crippen LogP) is 1.15. The van der Waals surface area contributed by atoms with Gasteiger partial charge < -0.3 is 5.32 Å². The van der Waals surface area contributed by atoms with Crippen molar-refractivity contribution in [2.24, 2.45) is 0 Å². The first kappa shape index (κ1) is 5.59. The van der Waals surface area contributed by atoms with Crippen LogP contribution in [0.5, 0.6) is 0 Å². The van der Waals surface area contributed by atoms with Crippen molar-refractivity contribution in [3.8, 4) is 0 Å². The van der Waals surface area contributed by atoms with Crippen LogP contribution in [0.4, 0.5) is 8.78 Å². The zero-order valence-electron chi connectivity index (χ0n) is 5.08. The molecule has 2 rings (SSSR count). The summed E-state index contributed by atoms with van der Waals surface area (Å²) in [5.74, 6) is -2.37. The minimum atomic E-state index is -2.37. The van der Waals surface area contributed by atoms with Crippen molar-refractivity contribution in [2.45, 2.75) is 30.7 Å². The molecule has 1 heterocycles. The molecule has 1 atom stereocenters. The first-order valence-corrected chi connectivity index (χ1v) is 3.25. The largest absolute Gasteiger partial charge is 0.308 e. The molecule has 1 saturated carbocycles. The summed E-state index contributed by atoms with van der Waals surface area (Å²) in [6.45, 7) is 0.808. The minimum absolute atomic E-state index is 0.0694. The number of rotatable bonds is 0. The molecule has 1 unspecified atom stereocenters. The van der Waals surface area contributed by atoms with Crippen LogP contribution in [0.15, 0.2) is 0 Å². The van der Waals surface area contributed by atoms with Crippen molar-refractivity contribution in [2.75, 3.05) is 6.54 Å². The van der Waals surface area contributed by atoms with Gasteiger partial charge in [0.05, 0.1) is 0 Å². The Morgan fingerprint density at radius 1 is 1.22 bits per heavy atom. The molecule has 0 aromatic rings. The molecule has 1 nitrogen and oxygen atoms in total. The van der Waals surface area contributed by atoms with Crippen LogP contribution in [0.25, 0.3) is 0 Å². The van der Waals surface area contributed by atoms with Gasteiger partial charge in [-0.25, -0.2) is 8.78 Å². The highest BCUT2D eigenvalue weighted by Crippen LogP contribution is 2.46. The summed E-state index contributed by atoms with van der Waals surface area (Å²) in [5, 5.41) is 2.99. The lowest BCUT2D eigenvalue weighted by Crippen LogP contribution is -2.15. The highest BCUT2D eigenvalue weighted by molar-refractivity contribution is 5.11. The fourth-order valence-corrected chi connectivity index (χ4v) is 1.52. The van der Waals surface area contributed by atoms with Gasteiger partial charge in [-0.2, -0.15) is 0 Å². The molecule has 0 bridgehead atoms. The Labute approximate surface area is 52.4 Å². The third-order valence-corrected chi connectivity index (χ3v) is 2.24. The number of alkyl halides is 2. The van der Waals surface area contributed by atoms with Gasteiger partial charge in [-0.3, -0.25) is 0 Å². The topological polar surface area (TPSA) is 21.9 Å². The Morgan fingerprint density at radius 3 is 2.11 bits per heavy atom. The van der Waals surface area contributed by atoms with Gasteiger partial charge in [0.1, 0.15) is 0 Å². The monoisotopic (exact) mass is 133 g/mol. The summed E-state index contributed by atoms with van der Waals surface area (Å²) >= 11 is 0. The van der Waals surface area contributed by atoms with E-state index >= 15 is 0 Å². The second kappa shape index (κ2) is 1.29. The molecule has 1 N–H and O–H groups in total. The van der Waals surface area contributed by atoms with Crippen LogP contribution in [0.3, 0.4) is 0 Å². The number of hydrogen-bond acceptors (Lipinski definition) is 1. The van der Waals surface area contributed by atoms with Crippen molar-refractivity contribution in [1.29, 1.82) is 0 Å². The predicted molar refractivity (Wildman–Crippen MR) is 29.5 cm³/mol. The van der Waals surface area contributed by atoms with Crippen molar-refractivity contribution in [3.63, 3.8) is 0 Å². The molecule has 0 aromatic carbocycles. The number of halogens is 2. The normalized spacial score (nSPS) is 46.0. The Balaban J connectivity index is 2.08. The molecule has 1 saturated heterocycles. The first-order chi connectivity index (χ1) is 4.12. The van der Waals surface area contributed by atoms with Gasteiger partial charge >= 0.3 is 0 Å². The zero-order valence-corrected chi connectivity index (χ0v) is 5.08. The van der Waals surface area contributed by atoms with Crippen LogP contribution in [0.1, 0.15) is 19.3 Å². The molecule has 3 heteroatoms. The van der Waals surface area contributed by atoms with Crippen molar-refractivity contribution < 1.29 is 8.78 Å². The van der Waals surface area contributed by atoms with Crippen LogP contribution in [0, 0.1) is 0 Å². The molecule has 1 aliphatic heterocycles. The Hall–Kier alpha value is -0.180. The molecule has 0 aromatic heterocycles. The highest BCUT2D eigenvalue weighted by atomic mass is 19.3. The van der Waals surface area contributed by atoms with E-state index in [1.807, 2.05) is 0 Å². The lowest BCUT2D eigenvalue weighted by molar-refractivity contribution is 0.00690. The van der Waals surface area contributed by atoms with E-state index in [2.05, 4.69) is 5.32 Å². The molecular formula is C6H9F2N. The molecule has 0 amide bonds. The van der Waals surface area contributed by atoms with Crippen LogP contribution in [-0.2, 0) is 0 Å². The zero-order chi connectivity index (χ0) is 6.54. The third kappa shape index (κ3) is 0.834. The van der Waals surface area contributed by atoms with Crippen molar-refractivity contribution >= 4 is 0 Å². The molecule has 2 aliphatic rings. The quantitative estimate of drug-likeness (QED) is 0.492. The van der Waals surface area contributed by atoms with Gasteiger partial charge in [0.2, 0.25) is 5.92 Å². The molecule has 52 valence electrons. The van der Waals surface area contributed by atoms with E-state index in [0.29, 0.717) is 6.42 Å². The fourth-order valence-electron chi connectivity index (χ4n) is 1.52. The first-order valence-electron chi connectivity index (χ1n) is 3.25. The minimum Gasteiger partial charge on any atom is -0.308 e. The Morgan fingerprint density at radius 2 is 1.89 bits per heavy atom. The van der Waals surface area contributed by atoms with E-state index in [4.69, 9.17) is 0 Å².